The van der Waals surface area contributed by atoms with E-state index in [9.17, 15) is 4.79 Å². The van der Waals surface area contributed by atoms with Gasteiger partial charge >= 0.3 is 5.97 Å². The molecule has 1 heterocycles. The smallest absolute Gasteiger partial charge is 0.307 e. The van der Waals surface area contributed by atoms with E-state index < -0.39 is 0 Å². The van der Waals surface area contributed by atoms with Gasteiger partial charge in [-0.2, -0.15) is 0 Å². The van der Waals surface area contributed by atoms with Crippen molar-refractivity contribution >= 4 is 11.5 Å². The highest BCUT2D eigenvalue weighted by Gasteiger charge is 2.23. The van der Waals surface area contributed by atoms with Crippen molar-refractivity contribution in [3.8, 4) is 5.75 Å². The van der Waals surface area contributed by atoms with Crippen molar-refractivity contribution in [2.75, 3.05) is 6.61 Å². The molecule has 0 spiro atoms. The summed E-state index contributed by atoms with van der Waals surface area (Å²) in [5.41, 5.74) is 2.88. The average molecular weight is 266 g/mol. The minimum absolute atomic E-state index is 0.265. The van der Waals surface area contributed by atoms with Gasteiger partial charge in [-0.3, -0.25) is 4.79 Å². The fourth-order valence-corrected chi connectivity index (χ4v) is 2.34. The van der Waals surface area contributed by atoms with Gasteiger partial charge in [-0.25, -0.2) is 0 Å². The molecule has 0 saturated heterocycles. The molecule has 0 fully saturated rings. The number of esters is 1. The van der Waals surface area contributed by atoms with Gasteiger partial charge in [0, 0.05) is 18.1 Å². The second-order valence-corrected chi connectivity index (χ2v) is 4.54. The van der Waals surface area contributed by atoms with Crippen LogP contribution in [0.1, 0.15) is 18.1 Å². The summed E-state index contributed by atoms with van der Waals surface area (Å²) < 4.78 is 11.0. The molecule has 3 nitrogen and oxygen atoms in total. The van der Waals surface area contributed by atoms with E-state index >= 15 is 0 Å². The molecule has 1 aliphatic rings. The number of carbonyl (C=O) groups excluding carboxylic acids is 1. The minimum Gasteiger partial charge on any atom is -0.485 e. The van der Waals surface area contributed by atoms with Crippen LogP contribution < -0.4 is 4.74 Å². The van der Waals surface area contributed by atoms with Gasteiger partial charge in [0.15, 0.2) is 5.76 Å². The monoisotopic (exact) mass is 266 g/mol. The summed E-state index contributed by atoms with van der Waals surface area (Å²) in [5.74, 6) is 1.03. The van der Waals surface area contributed by atoms with E-state index in [-0.39, 0.29) is 12.6 Å². The van der Waals surface area contributed by atoms with E-state index in [4.69, 9.17) is 9.47 Å². The molecule has 2 aromatic carbocycles. The van der Waals surface area contributed by atoms with Crippen LogP contribution in [0, 0.1) is 0 Å². The number of hydrogen-bond acceptors (Lipinski definition) is 3. The molecular formula is C17H14O3. The molecule has 1 aliphatic heterocycles. The van der Waals surface area contributed by atoms with Gasteiger partial charge in [0.2, 0.25) is 0 Å². The fraction of sp³-hybridized carbons (Fsp3) is 0.118. The Morgan fingerprint density at radius 2 is 1.75 bits per heavy atom. The number of ether oxygens (including phenoxy) is 2. The SMILES string of the molecule is CC(=O)OC1=C(c2ccccc2)c2ccccc2OC1. The standard InChI is InChI=1S/C17H14O3/c1-12(18)20-16-11-19-15-10-6-5-9-14(15)17(16)13-7-3-2-4-8-13/h2-10H,11H2,1H3. The molecule has 0 bridgehead atoms. The number of rotatable bonds is 2. The molecule has 0 atom stereocenters. The van der Waals surface area contributed by atoms with Crippen molar-refractivity contribution in [3.63, 3.8) is 0 Å². The first-order valence-electron chi connectivity index (χ1n) is 6.45. The number of carbonyl (C=O) groups is 1. The third-order valence-electron chi connectivity index (χ3n) is 3.12. The van der Waals surface area contributed by atoms with Crippen molar-refractivity contribution in [3.05, 3.63) is 71.5 Å². The van der Waals surface area contributed by atoms with Crippen molar-refractivity contribution in [1.29, 1.82) is 0 Å². The molecular weight excluding hydrogens is 252 g/mol. The van der Waals surface area contributed by atoms with Gasteiger partial charge in [0.05, 0.1) is 0 Å². The highest BCUT2D eigenvalue weighted by Crippen LogP contribution is 2.37. The summed E-state index contributed by atoms with van der Waals surface area (Å²) >= 11 is 0. The lowest BCUT2D eigenvalue weighted by atomic mass is 9.94. The molecule has 100 valence electrons. The van der Waals surface area contributed by atoms with Crippen LogP contribution in [0.3, 0.4) is 0 Å². The lowest BCUT2D eigenvalue weighted by molar-refractivity contribution is -0.137. The quantitative estimate of drug-likeness (QED) is 0.781. The summed E-state index contributed by atoms with van der Waals surface area (Å²) in [7, 11) is 0. The fourth-order valence-electron chi connectivity index (χ4n) is 2.34. The van der Waals surface area contributed by atoms with Crippen LogP contribution in [0.15, 0.2) is 60.4 Å². The molecule has 0 aromatic heterocycles. The van der Waals surface area contributed by atoms with Crippen molar-refractivity contribution in [2.24, 2.45) is 0 Å². The van der Waals surface area contributed by atoms with Crippen molar-refractivity contribution < 1.29 is 14.3 Å². The summed E-state index contributed by atoms with van der Waals surface area (Å²) in [5, 5.41) is 0. The van der Waals surface area contributed by atoms with Crippen LogP contribution in [0.5, 0.6) is 5.75 Å². The maximum atomic E-state index is 11.3. The molecule has 0 unspecified atom stereocenters. The summed E-state index contributed by atoms with van der Waals surface area (Å²) in [6.45, 7) is 1.66. The third-order valence-corrected chi connectivity index (χ3v) is 3.12. The van der Waals surface area contributed by atoms with Crippen LogP contribution in [0.2, 0.25) is 0 Å². The Labute approximate surface area is 117 Å². The zero-order valence-electron chi connectivity index (χ0n) is 11.1. The zero-order valence-corrected chi connectivity index (χ0v) is 11.1. The summed E-state index contributed by atoms with van der Waals surface area (Å²) in [4.78, 5) is 11.3. The van der Waals surface area contributed by atoms with Gasteiger partial charge in [-0.1, -0.05) is 48.5 Å². The molecule has 20 heavy (non-hydrogen) atoms. The zero-order chi connectivity index (χ0) is 13.9. The first-order valence-corrected chi connectivity index (χ1v) is 6.45. The molecule has 0 saturated carbocycles. The predicted octanol–water partition coefficient (Wildman–Crippen LogP) is 3.40. The molecule has 0 aliphatic carbocycles. The van der Waals surface area contributed by atoms with Crippen molar-refractivity contribution in [1.82, 2.24) is 0 Å². The van der Waals surface area contributed by atoms with Crippen LogP contribution in [0.4, 0.5) is 0 Å². The Hall–Kier alpha value is -2.55. The van der Waals surface area contributed by atoms with Gasteiger partial charge in [-0.05, 0) is 11.6 Å². The number of benzene rings is 2. The summed E-state index contributed by atoms with van der Waals surface area (Å²) in [6.07, 6.45) is 0. The van der Waals surface area contributed by atoms with Crippen LogP contribution in [-0.4, -0.2) is 12.6 Å². The van der Waals surface area contributed by atoms with E-state index in [2.05, 4.69) is 0 Å². The maximum Gasteiger partial charge on any atom is 0.307 e. The van der Waals surface area contributed by atoms with E-state index in [1.54, 1.807) is 0 Å². The topological polar surface area (TPSA) is 35.5 Å². The molecule has 3 heteroatoms. The van der Waals surface area contributed by atoms with E-state index in [1.165, 1.54) is 6.92 Å². The van der Waals surface area contributed by atoms with Crippen LogP contribution in [0.25, 0.3) is 5.57 Å². The van der Waals surface area contributed by atoms with E-state index in [0.717, 1.165) is 22.4 Å². The van der Waals surface area contributed by atoms with Gasteiger partial charge in [0.25, 0.3) is 0 Å². The van der Waals surface area contributed by atoms with Crippen molar-refractivity contribution in [2.45, 2.75) is 6.92 Å². The van der Waals surface area contributed by atoms with Gasteiger partial charge < -0.3 is 9.47 Å². The predicted molar refractivity (Wildman–Crippen MR) is 76.2 cm³/mol. The Kier molecular flexibility index (Phi) is 3.25. The Bertz CT molecular complexity index is 672. The van der Waals surface area contributed by atoms with E-state index in [1.807, 2.05) is 54.6 Å². The maximum absolute atomic E-state index is 11.3. The first kappa shape index (κ1) is 12.5. The molecule has 3 rings (SSSR count). The van der Waals surface area contributed by atoms with Crippen LogP contribution >= 0.6 is 0 Å². The average Bonchev–Trinajstić information content (AvgIpc) is 2.47. The highest BCUT2D eigenvalue weighted by atomic mass is 16.6. The number of fused-ring (bicyclic) bond motifs is 1. The third kappa shape index (κ3) is 2.30. The second kappa shape index (κ2) is 5.21. The normalized spacial score (nSPS) is 13.4. The molecule has 0 radical (unpaired) electrons. The lowest BCUT2D eigenvalue weighted by Gasteiger charge is -2.23. The Morgan fingerprint density at radius 3 is 2.50 bits per heavy atom. The Morgan fingerprint density at radius 1 is 1.05 bits per heavy atom. The second-order valence-electron chi connectivity index (χ2n) is 4.54. The van der Waals surface area contributed by atoms with Gasteiger partial charge in [0.1, 0.15) is 12.4 Å². The largest absolute Gasteiger partial charge is 0.485 e. The molecule has 2 aromatic rings. The first-order chi connectivity index (χ1) is 9.75. The minimum atomic E-state index is -0.337. The summed E-state index contributed by atoms with van der Waals surface area (Å²) in [6, 6.07) is 17.7. The van der Waals surface area contributed by atoms with Crippen LogP contribution in [-0.2, 0) is 9.53 Å². The lowest BCUT2D eigenvalue weighted by Crippen LogP contribution is -2.16. The highest BCUT2D eigenvalue weighted by molar-refractivity contribution is 5.86. The Balaban J connectivity index is 2.19. The van der Waals surface area contributed by atoms with E-state index in [0.29, 0.717) is 5.76 Å². The molecule has 0 N–H and O–H groups in total. The molecule has 0 amide bonds. The van der Waals surface area contributed by atoms with Gasteiger partial charge in [-0.15, -0.1) is 0 Å². The number of hydrogen-bond donors (Lipinski definition) is 0. The number of para-hydroxylation sites is 1.